The van der Waals surface area contributed by atoms with Crippen LogP contribution in [0.4, 0.5) is 4.39 Å². The van der Waals surface area contributed by atoms with Gasteiger partial charge in [-0.25, -0.2) is 12.8 Å². The molecule has 0 bridgehead atoms. The molecular weight excluding hydrogens is 403 g/mol. The molecule has 1 N–H and O–H groups in total. The van der Waals surface area contributed by atoms with E-state index in [-0.39, 0.29) is 27.8 Å². The molecule has 1 aromatic carbocycles. The molecule has 2 unspecified atom stereocenters. The number of halogens is 1. The van der Waals surface area contributed by atoms with Crippen LogP contribution in [0.25, 0.3) is 0 Å². The molecule has 1 aromatic heterocycles. The number of carbonyl (C=O) groups excluding carboxylic acids is 1. The minimum Gasteiger partial charge on any atom is -0.379 e. The number of benzene rings is 1. The van der Waals surface area contributed by atoms with Crippen molar-refractivity contribution in [1.29, 1.82) is 0 Å². The third-order valence-corrected chi connectivity index (χ3v) is 8.51. The van der Waals surface area contributed by atoms with Crippen molar-refractivity contribution in [3.63, 3.8) is 0 Å². The first-order valence-corrected chi connectivity index (χ1v) is 11.4. The van der Waals surface area contributed by atoms with E-state index < -0.39 is 10.0 Å². The number of rotatable bonds is 6. The Morgan fingerprint density at radius 2 is 1.89 bits per heavy atom. The van der Waals surface area contributed by atoms with Crippen LogP contribution < -0.4 is 5.32 Å². The van der Waals surface area contributed by atoms with E-state index >= 15 is 0 Å². The average molecular weight is 425 g/mol. The molecule has 2 aromatic rings. The van der Waals surface area contributed by atoms with Crippen molar-refractivity contribution >= 4 is 27.3 Å². The van der Waals surface area contributed by atoms with Gasteiger partial charge in [0.05, 0.1) is 19.8 Å². The maximum atomic E-state index is 13.0. The Bertz CT molecular complexity index is 953. The Kier molecular flexibility index (Phi) is 5.50. The highest BCUT2D eigenvalue weighted by molar-refractivity contribution is 7.91. The monoisotopic (exact) mass is 424 g/mol. The number of nitrogens with one attached hydrogen (secondary N) is 1. The number of hydrogen-bond donors (Lipinski definition) is 1. The van der Waals surface area contributed by atoms with Gasteiger partial charge in [-0.2, -0.15) is 4.31 Å². The van der Waals surface area contributed by atoms with Crippen molar-refractivity contribution in [2.24, 2.45) is 5.92 Å². The fraction of sp³-hybridized carbons (Fsp3) is 0.421. The second-order valence-electron chi connectivity index (χ2n) is 6.96. The summed E-state index contributed by atoms with van der Waals surface area (Å²) in [5, 5.41) is 2.89. The molecule has 1 aliphatic heterocycles. The smallest absolute Gasteiger partial charge is 0.252 e. The van der Waals surface area contributed by atoms with Crippen molar-refractivity contribution in [2.45, 2.75) is 23.1 Å². The van der Waals surface area contributed by atoms with Crippen LogP contribution in [-0.4, -0.2) is 44.9 Å². The third kappa shape index (κ3) is 4.12. The molecule has 0 spiro atoms. The van der Waals surface area contributed by atoms with Crippen LogP contribution in [-0.2, 0) is 26.1 Å². The van der Waals surface area contributed by atoms with Crippen LogP contribution in [0, 0.1) is 11.7 Å². The van der Waals surface area contributed by atoms with Crippen molar-refractivity contribution < 1.29 is 22.3 Å². The molecule has 28 heavy (non-hydrogen) atoms. The van der Waals surface area contributed by atoms with E-state index in [0.29, 0.717) is 32.8 Å². The molecule has 2 atom stereocenters. The first-order valence-electron chi connectivity index (χ1n) is 9.15. The molecule has 4 rings (SSSR count). The van der Waals surface area contributed by atoms with Gasteiger partial charge in [0, 0.05) is 23.9 Å². The van der Waals surface area contributed by atoms with E-state index in [4.69, 9.17) is 4.74 Å². The molecule has 2 fully saturated rings. The number of nitrogens with zero attached hydrogens (tertiary/aromatic N) is 1. The highest BCUT2D eigenvalue weighted by atomic mass is 32.2. The van der Waals surface area contributed by atoms with E-state index in [1.54, 1.807) is 24.3 Å². The lowest BCUT2D eigenvalue weighted by atomic mass is 10.1. The molecule has 6 nitrogen and oxygen atoms in total. The quantitative estimate of drug-likeness (QED) is 0.772. The minimum atomic E-state index is -3.50. The van der Waals surface area contributed by atoms with Crippen LogP contribution in [0.5, 0.6) is 0 Å². The van der Waals surface area contributed by atoms with E-state index in [9.17, 15) is 17.6 Å². The van der Waals surface area contributed by atoms with E-state index in [1.807, 2.05) is 0 Å². The lowest BCUT2D eigenvalue weighted by molar-refractivity contribution is -0.122. The van der Waals surface area contributed by atoms with Gasteiger partial charge >= 0.3 is 0 Å². The summed E-state index contributed by atoms with van der Waals surface area (Å²) in [4.78, 5) is 13.2. The number of morpholine rings is 1. The Morgan fingerprint density at radius 1 is 1.18 bits per heavy atom. The zero-order chi connectivity index (χ0) is 19.7. The van der Waals surface area contributed by atoms with Crippen LogP contribution in [0.3, 0.4) is 0 Å². The van der Waals surface area contributed by atoms with Crippen LogP contribution in [0.15, 0.2) is 40.6 Å². The zero-order valence-electron chi connectivity index (χ0n) is 15.1. The van der Waals surface area contributed by atoms with Gasteiger partial charge in [-0.1, -0.05) is 12.1 Å². The maximum Gasteiger partial charge on any atom is 0.252 e. The van der Waals surface area contributed by atoms with E-state index in [2.05, 4.69) is 5.32 Å². The van der Waals surface area contributed by atoms with Crippen molar-refractivity contribution in [1.82, 2.24) is 9.62 Å². The van der Waals surface area contributed by atoms with Gasteiger partial charge in [-0.3, -0.25) is 4.79 Å². The van der Waals surface area contributed by atoms with Gasteiger partial charge in [0.15, 0.2) is 0 Å². The van der Waals surface area contributed by atoms with Crippen molar-refractivity contribution in [2.75, 3.05) is 26.3 Å². The summed E-state index contributed by atoms with van der Waals surface area (Å²) in [5.74, 6) is -0.325. The fourth-order valence-electron chi connectivity index (χ4n) is 3.37. The summed E-state index contributed by atoms with van der Waals surface area (Å²) in [6.07, 6.45) is 0.749. The highest BCUT2D eigenvalue weighted by Crippen LogP contribution is 2.47. The SMILES string of the molecule is O=C(NCc1ccc(S(=O)(=O)N2CCOCC2)s1)C1CC1c1ccc(F)cc1. The minimum absolute atomic E-state index is 0.0553. The summed E-state index contributed by atoms with van der Waals surface area (Å²) in [6.45, 7) is 1.83. The summed E-state index contributed by atoms with van der Waals surface area (Å²) in [6, 6.07) is 9.58. The highest BCUT2D eigenvalue weighted by Gasteiger charge is 2.43. The summed E-state index contributed by atoms with van der Waals surface area (Å²) < 4.78 is 45.2. The van der Waals surface area contributed by atoms with Crippen LogP contribution >= 0.6 is 11.3 Å². The van der Waals surface area contributed by atoms with Crippen molar-refractivity contribution in [3.05, 3.63) is 52.7 Å². The second kappa shape index (κ2) is 7.90. The molecule has 1 saturated carbocycles. The number of carbonyl (C=O) groups is 1. The van der Waals surface area contributed by atoms with Gasteiger partial charge in [-0.15, -0.1) is 11.3 Å². The topological polar surface area (TPSA) is 75.7 Å². The largest absolute Gasteiger partial charge is 0.379 e. The summed E-state index contributed by atoms with van der Waals surface area (Å²) in [5.41, 5.74) is 0.969. The van der Waals surface area contributed by atoms with Gasteiger partial charge < -0.3 is 10.1 Å². The number of thiophene rings is 1. The van der Waals surface area contributed by atoms with E-state index in [1.165, 1.54) is 27.8 Å². The normalized spacial score (nSPS) is 22.8. The molecule has 9 heteroatoms. The molecule has 1 aliphatic carbocycles. The predicted molar refractivity (Wildman–Crippen MR) is 103 cm³/mol. The van der Waals surface area contributed by atoms with Gasteiger partial charge in [0.2, 0.25) is 5.91 Å². The third-order valence-electron chi connectivity index (χ3n) is 5.06. The molecule has 150 valence electrons. The Labute approximate surface area is 167 Å². The Morgan fingerprint density at radius 3 is 2.61 bits per heavy atom. The van der Waals surface area contributed by atoms with Crippen LogP contribution in [0.2, 0.25) is 0 Å². The first-order chi connectivity index (χ1) is 13.4. The van der Waals surface area contributed by atoms with Gasteiger partial charge in [0.25, 0.3) is 10.0 Å². The summed E-state index contributed by atoms with van der Waals surface area (Å²) >= 11 is 1.18. The molecule has 0 radical (unpaired) electrons. The summed E-state index contributed by atoms with van der Waals surface area (Å²) in [7, 11) is -3.50. The molecule has 2 heterocycles. The molecule has 1 saturated heterocycles. The van der Waals surface area contributed by atoms with Crippen molar-refractivity contribution in [3.8, 4) is 0 Å². The molecule has 2 aliphatic rings. The Balaban J connectivity index is 1.32. The zero-order valence-corrected chi connectivity index (χ0v) is 16.8. The molecule has 1 amide bonds. The fourth-order valence-corrected chi connectivity index (χ4v) is 6.23. The number of ether oxygens (including phenoxy) is 1. The van der Waals surface area contributed by atoms with Gasteiger partial charge in [0.1, 0.15) is 10.0 Å². The maximum absolute atomic E-state index is 13.0. The number of sulfonamides is 1. The lowest BCUT2D eigenvalue weighted by Gasteiger charge is -2.25. The number of amides is 1. The lowest BCUT2D eigenvalue weighted by Crippen LogP contribution is -2.40. The van der Waals surface area contributed by atoms with Crippen LogP contribution in [0.1, 0.15) is 22.8 Å². The second-order valence-corrected chi connectivity index (χ2v) is 10.3. The first kappa shape index (κ1) is 19.5. The number of hydrogen-bond acceptors (Lipinski definition) is 5. The Hall–Kier alpha value is -1.81. The predicted octanol–water partition coefficient (Wildman–Crippen LogP) is 2.33. The standard InChI is InChI=1S/C19H21FN2O4S2/c20-14-3-1-13(2-4-14)16-11-17(16)19(23)21-12-15-5-6-18(27-15)28(24,25)22-7-9-26-10-8-22/h1-6,16-17H,7-12H2,(H,21,23). The average Bonchev–Trinajstić information content (AvgIpc) is 3.36. The van der Waals surface area contributed by atoms with E-state index in [0.717, 1.165) is 16.9 Å². The molecular formula is C19H21FN2O4S2. The van der Waals surface area contributed by atoms with Gasteiger partial charge in [-0.05, 0) is 42.2 Å².